The summed E-state index contributed by atoms with van der Waals surface area (Å²) < 4.78 is 2.07. The molecule has 0 saturated carbocycles. The van der Waals surface area contributed by atoms with E-state index in [1.807, 2.05) is 31.2 Å². The van der Waals surface area contributed by atoms with E-state index in [1.165, 1.54) is 11.8 Å². The average Bonchev–Trinajstić information content (AvgIpc) is 2.79. The van der Waals surface area contributed by atoms with Gasteiger partial charge in [-0.25, -0.2) is 4.98 Å². The van der Waals surface area contributed by atoms with E-state index in [0.717, 1.165) is 14.6 Å². The summed E-state index contributed by atoms with van der Waals surface area (Å²) in [5.74, 6) is 0.377. The van der Waals surface area contributed by atoms with Crippen molar-refractivity contribution in [3.05, 3.63) is 24.3 Å². The summed E-state index contributed by atoms with van der Waals surface area (Å²) in [5.41, 5.74) is 6.43. The van der Waals surface area contributed by atoms with E-state index in [0.29, 0.717) is 12.3 Å². The van der Waals surface area contributed by atoms with Crippen molar-refractivity contribution in [2.75, 3.05) is 12.3 Å². The first-order chi connectivity index (χ1) is 8.69. The predicted molar refractivity (Wildman–Crippen MR) is 84.3 cm³/mol. The normalized spacial score (nSPS) is 11.9. The van der Waals surface area contributed by atoms with Crippen LogP contribution in [-0.4, -0.2) is 29.2 Å². The van der Waals surface area contributed by atoms with Crippen LogP contribution in [-0.2, 0) is 4.79 Å². The molecule has 0 fully saturated rings. The minimum absolute atomic E-state index is 0. The topological polar surface area (TPSA) is 68.0 Å². The van der Waals surface area contributed by atoms with Crippen LogP contribution in [0.5, 0.6) is 0 Å². The first-order valence-corrected chi connectivity index (χ1v) is 7.47. The number of benzene rings is 1. The Balaban J connectivity index is 0.00000180. The largest absolute Gasteiger partial charge is 0.352 e. The molecular weight excluding hydrogens is 302 g/mol. The van der Waals surface area contributed by atoms with Gasteiger partial charge in [0.2, 0.25) is 5.91 Å². The first kappa shape index (κ1) is 16.2. The number of rotatable bonds is 5. The van der Waals surface area contributed by atoms with E-state index < -0.39 is 0 Å². The zero-order chi connectivity index (χ0) is 13.0. The lowest BCUT2D eigenvalue weighted by atomic mass is 10.3. The van der Waals surface area contributed by atoms with Crippen molar-refractivity contribution in [1.29, 1.82) is 0 Å². The number of nitrogens with one attached hydrogen (secondary N) is 1. The molecule has 1 heterocycles. The highest BCUT2D eigenvalue weighted by Gasteiger charge is 2.09. The maximum atomic E-state index is 11.6. The number of nitrogens with zero attached hydrogens (tertiary/aromatic N) is 1. The summed E-state index contributed by atoms with van der Waals surface area (Å²) in [4.78, 5) is 16.1. The number of carbonyl (C=O) groups excluding carboxylic acids is 1. The van der Waals surface area contributed by atoms with Crippen LogP contribution in [0.25, 0.3) is 10.2 Å². The molecule has 104 valence electrons. The summed E-state index contributed by atoms with van der Waals surface area (Å²) in [7, 11) is 0. The molecule has 1 aromatic heterocycles. The number of hydrogen-bond donors (Lipinski definition) is 2. The molecule has 0 aliphatic carbocycles. The van der Waals surface area contributed by atoms with Gasteiger partial charge in [-0.1, -0.05) is 23.9 Å². The van der Waals surface area contributed by atoms with Crippen LogP contribution in [0.15, 0.2) is 28.6 Å². The molecule has 0 bridgehead atoms. The van der Waals surface area contributed by atoms with Crippen LogP contribution < -0.4 is 11.1 Å². The molecule has 0 aliphatic heterocycles. The van der Waals surface area contributed by atoms with E-state index in [4.69, 9.17) is 5.73 Å². The van der Waals surface area contributed by atoms with Crippen molar-refractivity contribution in [3.63, 3.8) is 0 Å². The van der Waals surface area contributed by atoms with E-state index >= 15 is 0 Å². The zero-order valence-electron chi connectivity index (χ0n) is 10.5. The Morgan fingerprint density at radius 2 is 2.26 bits per heavy atom. The maximum Gasteiger partial charge on any atom is 0.230 e. The smallest absolute Gasteiger partial charge is 0.230 e. The minimum atomic E-state index is -0.00259. The van der Waals surface area contributed by atoms with Gasteiger partial charge < -0.3 is 11.1 Å². The molecule has 0 unspecified atom stereocenters. The highest BCUT2D eigenvalue weighted by molar-refractivity contribution is 8.01. The molecule has 1 atom stereocenters. The standard InChI is InChI=1S/C12H15N3OS2.ClH/c1-8(6-13)14-11(16)7-17-12-15-9-4-2-3-5-10(9)18-12;/h2-5,8H,6-7,13H2,1H3,(H,14,16);1H/t8-;/m0./s1. The second-order valence-corrected chi connectivity index (χ2v) is 6.19. The van der Waals surface area contributed by atoms with Gasteiger partial charge in [0.25, 0.3) is 0 Å². The Kier molecular flexibility index (Phi) is 6.57. The van der Waals surface area contributed by atoms with Crippen LogP contribution in [0.1, 0.15) is 6.92 Å². The molecule has 1 amide bonds. The number of nitrogens with two attached hydrogens (primary N) is 1. The number of thiazole rings is 1. The second-order valence-electron chi connectivity index (χ2n) is 3.94. The number of fused-ring (bicyclic) bond motifs is 1. The van der Waals surface area contributed by atoms with Gasteiger partial charge in [-0.3, -0.25) is 4.79 Å². The highest BCUT2D eigenvalue weighted by atomic mass is 35.5. The Morgan fingerprint density at radius 1 is 1.53 bits per heavy atom. The van der Waals surface area contributed by atoms with Crippen LogP contribution in [0.3, 0.4) is 0 Å². The molecule has 19 heavy (non-hydrogen) atoms. The van der Waals surface area contributed by atoms with Gasteiger partial charge in [0.15, 0.2) is 4.34 Å². The Morgan fingerprint density at radius 3 is 2.95 bits per heavy atom. The third kappa shape index (κ3) is 4.65. The van der Waals surface area contributed by atoms with Crippen molar-refractivity contribution >= 4 is 51.6 Å². The SMILES string of the molecule is C[C@@H](CN)NC(=O)CSc1nc2ccccc2s1.Cl. The van der Waals surface area contributed by atoms with Gasteiger partial charge in [0.05, 0.1) is 16.0 Å². The number of carbonyl (C=O) groups is 1. The number of aromatic nitrogens is 1. The molecular formula is C12H16ClN3OS2. The lowest BCUT2D eigenvalue weighted by Crippen LogP contribution is -2.38. The maximum absolute atomic E-state index is 11.6. The van der Waals surface area contributed by atoms with Crippen molar-refractivity contribution < 1.29 is 4.79 Å². The first-order valence-electron chi connectivity index (χ1n) is 5.67. The van der Waals surface area contributed by atoms with Crippen molar-refractivity contribution in [2.45, 2.75) is 17.3 Å². The minimum Gasteiger partial charge on any atom is -0.352 e. The second kappa shape index (κ2) is 7.69. The van der Waals surface area contributed by atoms with E-state index in [-0.39, 0.29) is 24.4 Å². The van der Waals surface area contributed by atoms with Gasteiger partial charge in [-0.2, -0.15) is 0 Å². The van der Waals surface area contributed by atoms with Crippen LogP contribution >= 0.6 is 35.5 Å². The van der Waals surface area contributed by atoms with Gasteiger partial charge in [0.1, 0.15) is 0 Å². The highest BCUT2D eigenvalue weighted by Crippen LogP contribution is 2.28. The summed E-state index contributed by atoms with van der Waals surface area (Å²) >= 11 is 3.07. The Hall–Kier alpha value is -0.820. The fraction of sp³-hybridized carbons (Fsp3) is 0.333. The number of hydrogen-bond acceptors (Lipinski definition) is 5. The molecule has 0 saturated heterocycles. The molecule has 0 radical (unpaired) electrons. The van der Waals surface area contributed by atoms with Gasteiger partial charge in [0, 0.05) is 12.6 Å². The van der Waals surface area contributed by atoms with Gasteiger partial charge >= 0.3 is 0 Å². The van der Waals surface area contributed by atoms with Crippen LogP contribution in [0.4, 0.5) is 0 Å². The summed E-state index contributed by atoms with van der Waals surface area (Å²) in [5, 5.41) is 2.83. The summed E-state index contributed by atoms with van der Waals surface area (Å²) in [6.45, 7) is 2.35. The molecule has 7 heteroatoms. The third-order valence-corrected chi connectivity index (χ3v) is 4.54. The van der Waals surface area contributed by atoms with Crippen molar-refractivity contribution in [1.82, 2.24) is 10.3 Å². The number of para-hydroxylation sites is 1. The molecule has 2 aromatic rings. The molecule has 3 N–H and O–H groups in total. The van der Waals surface area contributed by atoms with Crippen molar-refractivity contribution in [2.24, 2.45) is 5.73 Å². The lowest BCUT2D eigenvalue weighted by molar-refractivity contribution is -0.119. The fourth-order valence-electron chi connectivity index (χ4n) is 1.42. The summed E-state index contributed by atoms with van der Waals surface area (Å²) in [6, 6.07) is 7.99. The zero-order valence-corrected chi connectivity index (χ0v) is 12.9. The van der Waals surface area contributed by atoms with Crippen LogP contribution in [0.2, 0.25) is 0 Å². The van der Waals surface area contributed by atoms with E-state index in [2.05, 4.69) is 10.3 Å². The number of thioether (sulfide) groups is 1. The van der Waals surface area contributed by atoms with Gasteiger partial charge in [-0.15, -0.1) is 23.7 Å². The van der Waals surface area contributed by atoms with Gasteiger partial charge in [-0.05, 0) is 19.1 Å². The molecule has 2 rings (SSSR count). The molecule has 0 aliphatic rings. The quantitative estimate of drug-likeness (QED) is 0.830. The molecule has 4 nitrogen and oxygen atoms in total. The van der Waals surface area contributed by atoms with Crippen molar-refractivity contribution in [3.8, 4) is 0 Å². The lowest BCUT2D eigenvalue weighted by Gasteiger charge is -2.09. The Labute approximate surface area is 126 Å². The third-order valence-electron chi connectivity index (χ3n) is 2.36. The Bertz CT molecular complexity index is 514. The number of amides is 1. The van der Waals surface area contributed by atoms with E-state index in [9.17, 15) is 4.79 Å². The molecule has 1 aromatic carbocycles. The fourth-order valence-corrected chi connectivity index (χ4v) is 3.30. The molecule has 0 spiro atoms. The number of halogens is 1. The average molecular weight is 318 g/mol. The predicted octanol–water partition coefficient (Wildman–Crippen LogP) is 2.27. The monoisotopic (exact) mass is 317 g/mol. The van der Waals surface area contributed by atoms with Crippen LogP contribution in [0, 0.1) is 0 Å². The van der Waals surface area contributed by atoms with E-state index in [1.54, 1.807) is 11.3 Å². The summed E-state index contributed by atoms with van der Waals surface area (Å²) in [6.07, 6.45) is 0.